The molecule has 1 atom stereocenters. The summed E-state index contributed by atoms with van der Waals surface area (Å²) in [5.74, 6) is 0. The topological polar surface area (TPSA) is 84.1 Å². The summed E-state index contributed by atoms with van der Waals surface area (Å²) >= 11 is 0. The number of alkyl carbamates (subject to hydrolysis) is 1. The van der Waals surface area contributed by atoms with Crippen LogP contribution >= 0.6 is 0 Å². The van der Waals surface area contributed by atoms with Crippen molar-refractivity contribution in [1.29, 1.82) is 0 Å². The highest BCUT2D eigenvalue weighted by Crippen LogP contribution is 1.96. The molecule has 0 aromatic carbocycles. The van der Waals surface area contributed by atoms with Gasteiger partial charge in [0, 0.05) is 18.3 Å². The maximum absolute atomic E-state index is 11.0. The molecule has 6 nitrogen and oxygen atoms in total. The first-order chi connectivity index (χ1) is 7.26. The van der Waals surface area contributed by atoms with E-state index in [9.17, 15) is 9.59 Å². The Labute approximate surface area is 87.0 Å². The number of hydrogen-bond donors (Lipinski definition) is 2. The minimum absolute atomic E-state index is 0.279. The molecule has 1 heterocycles. The number of aromatic amines is 1. The van der Waals surface area contributed by atoms with Crippen molar-refractivity contribution in [3.05, 3.63) is 18.2 Å². The number of rotatable bonds is 5. The highest BCUT2D eigenvalue weighted by molar-refractivity contribution is 5.73. The van der Waals surface area contributed by atoms with Gasteiger partial charge in [0.1, 0.15) is 6.29 Å². The lowest BCUT2D eigenvalue weighted by molar-refractivity contribution is -0.109. The Kier molecular flexibility index (Phi) is 4.33. The Morgan fingerprint density at radius 2 is 2.60 bits per heavy atom. The average Bonchev–Trinajstić information content (AvgIpc) is 2.70. The fourth-order valence-corrected chi connectivity index (χ4v) is 1.09. The van der Waals surface area contributed by atoms with Crippen molar-refractivity contribution in [2.75, 3.05) is 6.61 Å². The number of aromatic nitrogens is 2. The first-order valence-corrected chi connectivity index (χ1v) is 4.62. The zero-order valence-electron chi connectivity index (χ0n) is 8.40. The highest BCUT2D eigenvalue weighted by atomic mass is 16.5. The Bertz CT molecular complexity index is 310. The third kappa shape index (κ3) is 3.80. The van der Waals surface area contributed by atoms with E-state index in [-0.39, 0.29) is 6.61 Å². The number of imidazole rings is 1. The van der Waals surface area contributed by atoms with Gasteiger partial charge in [-0.05, 0) is 6.92 Å². The molecule has 0 fully saturated rings. The van der Waals surface area contributed by atoms with Gasteiger partial charge in [-0.2, -0.15) is 0 Å². The molecule has 1 aromatic rings. The van der Waals surface area contributed by atoms with Crippen LogP contribution < -0.4 is 5.32 Å². The fraction of sp³-hybridized carbons (Fsp3) is 0.444. The van der Waals surface area contributed by atoms with E-state index in [4.69, 9.17) is 0 Å². The number of aldehydes is 1. The Morgan fingerprint density at radius 1 is 1.80 bits per heavy atom. The Balaban J connectivity index is 2.42. The van der Waals surface area contributed by atoms with Crippen molar-refractivity contribution < 1.29 is 14.3 Å². The number of carbonyl (C=O) groups is 2. The minimum Gasteiger partial charge on any atom is -0.450 e. The molecule has 0 saturated carbocycles. The maximum Gasteiger partial charge on any atom is 0.407 e. The summed E-state index contributed by atoms with van der Waals surface area (Å²) in [6.45, 7) is 1.98. The third-order valence-electron chi connectivity index (χ3n) is 1.74. The van der Waals surface area contributed by atoms with Gasteiger partial charge in [-0.1, -0.05) is 0 Å². The van der Waals surface area contributed by atoms with Gasteiger partial charge >= 0.3 is 6.09 Å². The summed E-state index contributed by atoms with van der Waals surface area (Å²) in [7, 11) is 0. The molecule has 0 aliphatic rings. The van der Waals surface area contributed by atoms with Crippen LogP contribution in [0.5, 0.6) is 0 Å². The zero-order valence-corrected chi connectivity index (χ0v) is 8.40. The van der Waals surface area contributed by atoms with Crippen LogP contribution in [0.4, 0.5) is 4.79 Å². The second-order valence-electron chi connectivity index (χ2n) is 2.89. The lowest BCUT2D eigenvalue weighted by Crippen LogP contribution is -2.38. The second-order valence-corrected chi connectivity index (χ2v) is 2.89. The maximum atomic E-state index is 11.0. The number of amides is 1. The van der Waals surface area contributed by atoms with Gasteiger partial charge in [-0.3, -0.25) is 0 Å². The van der Waals surface area contributed by atoms with Crippen LogP contribution in [0.1, 0.15) is 12.6 Å². The van der Waals surface area contributed by atoms with Crippen LogP contribution in [0.3, 0.4) is 0 Å². The first-order valence-electron chi connectivity index (χ1n) is 4.62. The molecule has 1 rings (SSSR count). The molecule has 1 unspecified atom stereocenters. The molecule has 15 heavy (non-hydrogen) atoms. The largest absolute Gasteiger partial charge is 0.450 e. The standard InChI is InChI=1S/C9H13N3O3/c1-2-15-9(14)12-8(5-13)3-7-4-10-6-11-7/h4-6,8H,2-3H2,1H3,(H,10,11)(H,12,14). The molecular weight excluding hydrogens is 198 g/mol. The summed E-state index contributed by atoms with van der Waals surface area (Å²) in [5.41, 5.74) is 0.781. The van der Waals surface area contributed by atoms with E-state index in [1.807, 2.05) is 0 Å². The fourth-order valence-electron chi connectivity index (χ4n) is 1.09. The number of carbonyl (C=O) groups excluding carboxylic acids is 2. The molecule has 82 valence electrons. The van der Waals surface area contributed by atoms with Gasteiger partial charge < -0.3 is 19.8 Å². The van der Waals surface area contributed by atoms with Gasteiger partial charge in [0.25, 0.3) is 0 Å². The third-order valence-corrected chi connectivity index (χ3v) is 1.74. The molecule has 0 saturated heterocycles. The van der Waals surface area contributed by atoms with Gasteiger partial charge in [-0.25, -0.2) is 9.78 Å². The smallest absolute Gasteiger partial charge is 0.407 e. The SMILES string of the molecule is CCOC(=O)NC(C=O)Cc1cnc[nH]1. The zero-order chi connectivity index (χ0) is 11.1. The van der Waals surface area contributed by atoms with Gasteiger partial charge in [0.2, 0.25) is 0 Å². The number of ether oxygens (including phenoxy) is 1. The van der Waals surface area contributed by atoms with Crippen LogP contribution in [0.25, 0.3) is 0 Å². The van der Waals surface area contributed by atoms with E-state index in [0.717, 1.165) is 5.69 Å². The monoisotopic (exact) mass is 211 g/mol. The molecule has 0 aliphatic heterocycles. The van der Waals surface area contributed by atoms with E-state index in [1.165, 1.54) is 6.33 Å². The molecule has 0 radical (unpaired) electrons. The predicted molar refractivity (Wildman–Crippen MR) is 52.3 cm³/mol. The van der Waals surface area contributed by atoms with E-state index >= 15 is 0 Å². The number of H-pyrrole nitrogens is 1. The average molecular weight is 211 g/mol. The summed E-state index contributed by atoms with van der Waals surface area (Å²) in [5, 5.41) is 2.43. The summed E-state index contributed by atoms with van der Waals surface area (Å²) in [6, 6.07) is -0.593. The lowest BCUT2D eigenvalue weighted by atomic mass is 10.2. The van der Waals surface area contributed by atoms with Crippen molar-refractivity contribution >= 4 is 12.4 Å². The van der Waals surface area contributed by atoms with Crippen molar-refractivity contribution in [1.82, 2.24) is 15.3 Å². The highest BCUT2D eigenvalue weighted by Gasteiger charge is 2.12. The molecular formula is C9H13N3O3. The molecule has 1 aromatic heterocycles. The molecule has 0 bridgehead atoms. The quantitative estimate of drug-likeness (QED) is 0.684. The van der Waals surface area contributed by atoms with E-state index in [0.29, 0.717) is 12.7 Å². The summed E-state index contributed by atoms with van der Waals surface area (Å²) < 4.78 is 4.66. The summed E-state index contributed by atoms with van der Waals surface area (Å²) in [4.78, 5) is 28.3. The van der Waals surface area contributed by atoms with Gasteiger partial charge in [0.15, 0.2) is 0 Å². The summed E-state index contributed by atoms with van der Waals surface area (Å²) in [6.07, 6.45) is 3.57. The van der Waals surface area contributed by atoms with Crippen molar-refractivity contribution in [3.8, 4) is 0 Å². The van der Waals surface area contributed by atoms with E-state index < -0.39 is 12.1 Å². The second kappa shape index (κ2) is 5.79. The molecule has 1 amide bonds. The first kappa shape index (κ1) is 11.2. The van der Waals surface area contributed by atoms with Crippen LogP contribution in [0, 0.1) is 0 Å². The molecule has 6 heteroatoms. The Morgan fingerprint density at radius 3 is 3.13 bits per heavy atom. The number of nitrogens with one attached hydrogen (secondary N) is 2. The van der Waals surface area contributed by atoms with Gasteiger partial charge in [-0.15, -0.1) is 0 Å². The van der Waals surface area contributed by atoms with E-state index in [2.05, 4.69) is 20.0 Å². The van der Waals surface area contributed by atoms with E-state index in [1.54, 1.807) is 13.1 Å². The van der Waals surface area contributed by atoms with Crippen LogP contribution in [0.2, 0.25) is 0 Å². The van der Waals surface area contributed by atoms with Gasteiger partial charge in [0.05, 0.1) is 19.0 Å². The normalized spacial score (nSPS) is 11.8. The predicted octanol–water partition coefficient (Wildman–Crippen LogP) is 0.266. The number of nitrogens with zero attached hydrogens (tertiary/aromatic N) is 1. The van der Waals surface area contributed by atoms with Crippen molar-refractivity contribution in [2.24, 2.45) is 0 Å². The van der Waals surface area contributed by atoms with Crippen molar-refractivity contribution in [3.63, 3.8) is 0 Å². The van der Waals surface area contributed by atoms with Crippen LogP contribution in [-0.4, -0.2) is 35.0 Å². The number of hydrogen-bond acceptors (Lipinski definition) is 4. The molecule has 0 spiro atoms. The van der Waals surface area contributed by atoms with Crippen molar-refractivity contribution in [2.45, 2.75) is 19.4 Å². The Hall–Kier alpha value is -1.85. The molecule has 0 aliphatic carbocycles. The lowest BCUT2D eigenvalue weighted by Gasteiger charge is -2.10. The molecule has 2 N–H and O–H groups in total. The van der Waals surface area contributed by atoms with Crippen LogP contribution in [-0.2, 0) is 16.0 Å². The van der Waals surface area contributed by atoms with Crippen LogP contribution in [0.15, 0.2) is 12.5 Å². The minimum atomic E-state index is -0.593.